The molecule has 2 heteroatoms. The summed E-state index contributed by atoms with van der Waals surface area (Å²) in [4.78, 5) is 0. The van der Waals surface area contributed by atoms with Gasteiger partial charge in [-0.25, -0.2) is 0 Å². The van der Waals surface area contributed by atoms with E-state index < -0.39 is 0 Å². The molecule has 0 unspecified atom stereocenters. The van der Waals surface area contributed by atoms with Crippen LogP contribution in [0.4, 0.5) is 0 Å². The topological polar surface area (TPSA) is 17.0 Å². The van der Waals surface area contributed by atoms with Crippen LogP contribution in [0.3, 0.4) is 0 Å². The highest BCUT2D eigenvalue weighted by Gasteiger charge is 2.20. The third-order valence-corrected chi connectivity index (χ3v) is 3.24. The van der Waals surface area contributed by atoms with Gasteiger partial charge >= 0.3 is 0 Å². The van der Waals surface area contributed by atoms with Crippen LogP contribution in [0.5, 0.6) is 0 Å². The van der Waals surface area contributed by atoms with Crippen LogP contribution in [0.25, 0.3) is 0 Å². The first-order chi connectivity index (χ1) is 7.70. The molecule has 1 aliphatic rings. The molecule has 1 heterocycles. The number of rotatable bonds is 6. The fourth-order valence-corrected chi connectivity index (χ4v) is 2.25. The molecule has 1 aliphatic carbocycles. The van der Waals surface area contributed by atoms with Crippen molar-refractivity contribution < 1.29 is 0 Å². The SMILES string of the molecule is CCn1c(CNC2CC2)ccc1CC(C)C. The molecule has 1 fully saturated rings. The number of aromatic nitrogens is 1. The van der Waals surface area contributed by atoms with E-state index in [4.69, 9.17) is 0 Å². The van der Waals surface area contributed by atoms with Gasteiger partial charge in [-0.2, -0.15) is 0 Å². The summed E-state index contributed by atoms with van der Waals surface area (Å²) in [5, 5.41) is 3.59. The van der Waals surface area contributed by atoms with Crippen molar-refractivity contribution in [1.82, 2.24) is 9.88 Å². The van der Waals surface area contributed by atoms with E-state index >= 15 is 0 Å². The predicted molar refractivity (Wildman–Crippen MR) is 68.5 cm³/mol. The van der Waals surface area contributed by atoms with Crippen molar-refractivity contribution in [3.63, 3.8) is 0 Å². The van der Waals surface area contributed by atoms with Crippen LogP contribution in [0, 0.1) is 5.92 Å². The van der Waals surface area contributed by atoms with Gasteiger partial charge < -0.3 is 9.88 Å². The first kappa shape index (κ1) is 11.7. The van der Waals surface area contributed by atoms with Gasteiger partial charge in [-0.3, -0.25) is 0 Å². The lowest BCUT2D eigenvalue weighted by atomic mass is 10.1. The van der Waals surface area contributed by atoms with Crippen molar-refractivity contribution in [2.24, 2.45) is 5.92 Å². The largest absolute Gasteiger partial charge is 0.348 e. The molecule has 1 N–H and O–H groups in total. The minimum atomic E-state index is 0.740. The fraction of sp³-hybridized carbons (Fsp3) is 0.714. The van der Waals surface area contributed by atoms with Gasteiger partial charge in [-0.1, -0.05) is 13.8 Å². The molecule has 2 rings (SSSR count). The molecule has 16 heavy (non-hydrogen) atoms. The van der Waals surface area contributed by atoms with Crippen molar-refractivity contribution in [2.45, 2.75) is 59.2 Å². The van der Waals surface area contributed by atoms with E-state index in [1.807, 2.05) is 0 Å². The Hall–Kier alpha value is -0.760. The van der Waals surface area contributed by atoms with Crippen molar-refractivity contribution in [1.29, 1.82) is 0 Å². The number of hydrogen-bond donors (Lipinski definition) is 1. The number of nitrogens with zero attached hydrogens (tertiary/aromatic N) is 1. The minimum Gasteiger partial charge on any atom is -0.348 e. The molecule has 0 atom stereocenters. The summed E-state index contributed by atoms with van der Waals surface area (Å²) in [6.07, 6.45) is 3.93. The monoisotopic (exact) mass is 220 g/mol. The molecule has 0 radical (unpaired) electrons. The molecule has 0 bridgehead atoms. The summed E-state index contributed by atoms with van der Waals surface area (Å²) >= 11 is 0. The van der Waals surface area contributed by atoms with E-state index in [9.17, 15) is 0 Å². The second-order valence-electron chi connectivity index (χ2n) is 5.31. The van der Waals surface area contributed by atoms with Gasteiger partial charge in [0, 0.05) is 30.5 Å². The molecule has 1 aromatic rings. The Kier molecular flexibility index (Phi) is 3.70. The third kappa shape index (κ3) is 2.88. The smallest absolute Gasteiger partial charge is 0.0361 e. The Morgan fingerprint density at radius 2 is 2.00 bits per heavy atom. The quantitative estimate of drug-likeness (QED) is 0.780. The zero-order valence-corrected chi connectivity index (χ0v) is 10.8. The van der Waals surface area contributed by atoms with Crippen LogP contribution >= 0.6 is 0 Å². The predicted octanol–water partition coefficient (Wildman–Crippen LogP) is 2.96. The average molecular weight is 220 g/mol. The highest BCUT2D eigenvalue weighted by molar-refractivity contribution is 5.17. The first-order valence-electron chi connectivity index (χ1n) is 6.61. The zero-order valence-electron chi connectivity index (χ0n) is 10.8. The van der Waals surface area contributed by atoms with Crippen LogP contribution in [0.15, 0.2) is 12.1 Å². The second-order valence-corrected chi connectivity index (χ2v) is 5.31. The molecule has 0 aliphatic heterocycles. The molecule has 0 spiro atoms. The van der Waals surface area contributed by atoms with E-state index in [1.54, 1.807) is 0 Å². The summed E-state index contributed by atoms with van der Waals surface area (Å²) < 4.78 is 2.47. The normalized spacial score (nSPS) is 16.0. The molecule has 1 aromatic heterocycles. The van der Waals surface area contributed by atoms with E-state index in [-0.39, 0.29) is 0 Å². The summed E-state index contributed by atoms with van der Waals surface area (Å²) in [5.41, 5.74) is 2.94. The van der Waals surface area contributed by atoms with Crippen LogP contribution in [0.1, 0.15) is 45.0 Å². The van der Waals surface area contributed by atoms with Crippen LogP contribution in [0.2, 0.25) is 0 Å². The van der Waals surface area contributed by atoms with Crippen molar-refractivity contribution in [3.8, 4) is 0 Å². The third-order valence-electron chi connectivity index (χ3n) is 3.24. The van der Waals surface area contributed by atoms with Crippen molar-refractivity contribution in [2.75, 3.05) is 0 Å². The van der Waals surface area contributed by atoms with E-state index in [1.165, 1.54) is 30.7 Å². The van der Waals surface area contributed by atoms with Gasteiger partial charge in [-0.15, -0.1) is 0 Å². The molecule has 0 saturated heterocycles. The van der Waals surface area contributed by atoms with Gasteiger partial charge in [0.1, 0.15) is 0 Å². The van der Waals surface area contributed by atoms with E-state index in [0.717, 1.165) is 25.0 Å². The number of nitrogens with one attached hydrogen (secondary N) is 1. The summed E-state index contributed by atoms with van der Waals surface area (Å²) in [7, 11) is 0. The highest BCUT2D eigenvalue weighted by Crippen LogP contribution is 2.20. The molecule has 90 valence electrons. The van der Waals surface area contributed by atoms with Gasteiger partial charge in [0.05, 0.1) is 0 Å². The standard InChI is InChI=1S/C14H24N2/c1-4-16-13(9-11(2)3)7-8-14(16)10-15-12-5-6-12/h7-8,11-12,15H,4-6,9-10H2,1-3H3. The van der Waals surface area contributed by atoms with E-state index in [2.05, 4.69) is 42.8 Å². The lowest BCUT2D eigenvalue weighted by Crippen LogP contribution is -2.18. The maximum atomic E-state index is 3.59. The molecule has 0 aromatic carbocycles. The van der Waals surface area contributed by atoms with Gasteiger partial charge in [0.2, 0.25) is 0 Å². The zero-order chi connectivity index (χ0) is 11.5. The highest BCUT2D eigenvalue weighted by atomic mass is 15.0. The van der Waals surface area contributed by atoms with Gasteiger partial charge in [-0.05, 0) is 44.2 Å². The Labute approximate surface area is 99.0 Å². The first-order valence-corrected chi connectivity index (χ1v) is 6.61. The summed E-state index contributed by atoms with van der Waals surface area (Å²) in [6.45, 7) is 8.95. The van der Waals surface area contributed by atoms with Crippen LogP contribution < -0.4 is 5.32 Å². The Morgan fingerprint density at radius 3 is 2.56 bits per heavy atom. The van der Waals surface area contributed by atoms with Crippen molar-refractivity contribution in [3.05, 3.63) is 23.5 Å². The maximum Gasteiger partial charge on any atom is 0.0361 e. The summed E-state index contributed by atoms with van der Waals surface area (Å²) in [6, 6.07) is 5.39. The Bertz CT molecular complexity index is 335. The maximum absolute atomic E-state index is 3.59. The lowest BCUT2D eigenvalue weighted by Gasteiger charge is -2.13. The lowest BCUT2D eigenvalue weighted by molar-refractivity contribution is 0.570. The molecule has 0 amide bonds. The molecule has 2 nitrogen and oxygen atoms in total. The van der Waals surface area contributed by atoms with Gasteiger partial charge in [0.25, 0.3) is 0 Å². The van der Waals surface area contributed by atoms with Crippen LogP contribution in [-0.4, -0.2) is 10.6 Å². The fourth-order valence-electron chi connectivity index (χ4n) is 2.25. The van der Waals surface area contributed by atoms with E-state index in [0.29, 0.717) is 0 Å². The number of hydrogen-bond acceptors (Lipinski definition) is 1. The Balaban J connectivity index is 2.01. The second kappa shape index (κ2) is 5.05. The Morgan fingerprint density at radius 1 is 1.31 bits per heavy atom. The van der Waals surface area contributed by atoms with Crippen molar-refractivity contribution >= 4 is 0 Å². The van der Waals surface area contributed by atoms with Crippen LogP contribution in [-0.2, 0) is 19.5 Å². The minimum absolute atomic E-state index is 0.740. The molecular formula is C14H24N2. The summed E-state index contributed by atoms with van der Waals surface area (Å²) in [5.74, 6) is 0.740. The average Bonchev–Trinajstić information content (AvgIpc) is 2.98. The molecular weight excluding hydrogens is 196 g/mol. The van der Waals surface area contributed by atoms with Gasteiger partial charge in [0.15, 0.2) is 0 Å². The molecule has 1 saturated carbocycles.